The Morgan fingerprint density at radius 3 is 2.85 bits per heavy atom. The molecule has 0 aromatic rings. The number of ether oxygens (including phenoxy) is 1. The number of aliphatic hydroxyl groups is 1. The lowest BCUT2D eigenvalue weighted by molar-refractivity contribution is -0.148. The molecule has 13 heavy (non-hydrogen) atoms. The van der Waals surface area contributed by atoms with Crippen molar-refractivity contribution in [3.8, 4) is 0 Å². The minimum Gasteiger partial charge on any atom is -0.456 e. The quantitative estimate of drug-likeness (QED) is 0.622. The first-order valence-corrected chi connectivity index (χ1v) is 4.09. The molecule has 0 radical (unpaired) electrons. The van der Waals surface area contributed by atoms with E-state index in [1.54, 1.807) is 6.92 Å². The Kier molecular flexibility index (Phi) is 2.83. The van der Waals surface area contributed by atoms with E-state index < -0.39 is 18.2 Å². The molecule has 0 aliphatic carbocycles. The van der Waals surface area contributed by atoms with E-state index >= 15 is 0 Å². The highest BCUT2D eigenvalue weighted by molar-refractivity contribution is 5.87. The summed E-state index contributed by atoms with van der Waals surface area (Å²) in [6.45, 7) is 3.01. The molecule has 0 saturated carbocycles. The number of carbonyl (C=O) groups is 2. The van der Waals surface area contributed by atoms with E-state index in [1.807, 2.05) is 0 Å². The van der Waals surface area contributed by atoms with Crippen LogP contribution in [0.5, 0.6) is 0 Å². The summed E-state index contributed by atoms with van der Waals surface area (Å²) in [5.41, 5.74) is 0.441. The van der Waals surface area contributed by atoms with E-state index in [-0.39, 0.29) is 12.2 Å². The highest BCUT2D eigenvalue weighted by Gasteiger charge is 2.27. The minimum atomic E-state index is -0.846. The van der Waals surface area contributed by atoms with Crippen LogP contribution in [-0.4, -0.2) is 29.1 Å². The maximum absolute atomic E-state index is 10.9. The molecule has 0 aromatic heterocycles. The van der Waals surface area contributed by atoms with Crippen molar-refractivity contribution in [3.63, 3.8) is 0 Å². The molecule has 1 rings (SSSR count). The topological polar surface area (TPSA) is 63.6 Å². The summed E-state index contributed by atoms with van der Waals surface area (Å²) < 4.78 is 4.73. The van der Waals surface area contributed by atoms with E-state index in [2.05, 4.69) is 0 Å². The number of cyclic esters (lactones) is 1. The Labute approximate surface area is 76.2 Å². The van der Waals surface area contributed by atoms with Gasteiger partial charge in [-0.25, -0.2) is 4.79 Å². The number of esters is 1. The first kappa shape index (κ1) is 9.92. The molecule has 0 saturated heterocycles. The van der Waals surface area contributed by atoms with Gasteiger partial charge < -0.3 is 9.84 Å². The van der Waals surface area contributed by atoms with Crippen LogP contribution < -0.4 is 0 Å². The molecular weight excluding hydrogens is 172 g/mol. The van der Waals surface area contributed by atoms with Crippen molar-refractivity contribution in [2.75, 3.05) is 0 Å². The largest absolute Gasteiger partial charge is 0.456 e. The number of aliphatic hydroxyl groups excluding tert-OH is 1. The normalized spacial score (nSPS) is 27.9. The molecule has 0 unspecified atom stereocenters. The predicted molar refractivity (Wildman–Crippen MR) is 44.9 cm³/mol. The van der Waals surface area contributed by atoms with Crippen LogP contribution >= 0.6 is 0 Å². The average Bonchev–Trinajstić information content (AvgIpc) is 1.98. The third-order valence-corrected chi connectivity index (χ3v) is 1.88. The fourth-order valence-electron chi connectivity index (χ4n) is 1.26. The monoisotopic (exact) mass is 184 g/mol. The minimum absolute atomic E-state index is 0.0767. The molecule has 2 atom stereocenters. The van der Waals surface area contributed by atoms with Crippen LogP contribution in [0.15, 0.2) is 11.6 Å². The first-order chi connectivity index (χ1) is 6.00. The summed E-state index contributed by atoms with van der Waals surface area (Å²) in [4.78, 5) is 21.7. The second kappa shape index (κ2) is 3.70. The highest BCUT2D eigenvalue weighted by atomic mass is 16.6. The van der Waals surface area contributed by atoms with Crippen molar-refractivity contribution >= 4 is 11.8 Å². The van der Waals surface area contributed by atoms with Gasteiger partial charge >= 0.3 is 5.97 Å². The molecule has 0 spiro atoms. The fraction of sp³-hybridized carbons (Fsp3) is 0.556. The average molecular weight is 184 g/mol. The summed E-state index contributed by atoms with van der Waals surface area (Å²) in [7, 11) is 0. The van der Waals surface area contributed by atoms with Crippen LogP contribution in [0.1, 0.15) is 20.3 Å². The summed E-state index contributed by atoms with van der Waals surface area (Å²) in [6, 6.07) is 0. The molecule has 4 nitrogen and oxygen atoms in total. The number of carbonyl (C=O) groups excluding carboxylic acids is 2. The SMILES string of the molecule is CC(=O)CC1=CC(=O)O[C@H](C)[C@H]1O. The Bertz CT molecular complexity index is 267. The Hall–Kier alpha value is -1.16. The third-order valence-electron chi connectivity index (χ3n) is 1.88. The number of hydrogen-bond acceptors (Lipinski definition) is 4. The molecule has 1 N–H and O–H groups in total. The molecule has 1 aliphatic rings. The first-order valence-electron chi connectivity index (χ1n) is 4.09. The zero-order valence-corrected chi connectivity index (χ0v) is 7.61. The van der Waals surface area contributed by atoms with Crippen molar-refractivity contribution in [2.24, 2.45) is 0 Å². The number of Topliss-reactive ketones (excluding diaryl/α,β-unsaturated/α-hetero) is 1. The zero-order chi connectivity index (χ0) is 10.0. The fourth-order valence-corrected chi connectivity index (χ4v) is 1.26. The van der Waals surface area contributed by atoms with Crippen molar-refractivity contribution < 1.29 is 19.4 Å². The lowest BCUT2D eigenvalue weighted by atomic mass is 9.98. The lowest BCUT2D eigenvalue weighted by Gasteiger charge is -2.25. The zero-order valence-electron chi connectivity index (χ0n) is 7.61. The smallest absolute Gasteiger partial charge is 0.331 e. The molecule has 4 heteroatoms. The van der Waals surface area contributed by atoms with Gasteiger partial charge in [-0.2, -0.15) is 0 Å². The molecule has 0 bridgehead atoms. The van der Waals surface area contributed by atoms with Gasteiger partial charge in [-0.15, -0.1) is 0 Å². The van der Waals surface area contributed by atoms with Crippen LogP contribution in [0.25, 0.3) is 0 Å². The summed E-state index contributed by atoms with van der Waals surface area (Å²) in [6.07, 6.45) is -0.111. The van der Waals surface area contributed by atoms with Gasteiger partial charge in [0, 0.05) is 12.5 Å². The van der Waals surface area contributed by atoms with Gasteiger partial charge in [0.2, 0.25) is 0 Å². The van der Waals surface area contributed by atoms with Gasteiger partial charge in [-0.3, -0.25) is 4.79 Å². The van der Waals surface area contributed by atoms with E-state index in [0.29, 0.717) is 5.57 Å². The maximum atomic E-state index is 10.9. The van der Waals surface area contributed by atoms with Gasteiger partial charge in [0.25, 0.3) is 0 Å². The highest BCUT2D eigenvalue weighted by Crippen LogP contribution is 2.19. The Morgan fingerprint density at radius 1 is 1.69 bits per heavy atom. The van der Waals surface area contributed by atoms with Gasteiger partial charge in [0.1, 0.15) is 18.0 Å². The van der Waals surface area contributed by atoms with E-state index in [1.165, 1.54) is 13.0 Å². The Balaban J connectivity index is 2.80. The second-order valence-electron chi connectivity index (χ2n) is 3.18. The van der Waals surface area contributed by atoms with E-state index in [0.717, 1.165) is 0 Å². The van der Waals surface area contributed by atoms with Crippen LogP contribution in [0.3, 0.4) is 0 Å². The second-order valence-corrected chi connectivity index (χ2v) is 3.18. The van der Waals surface area contributed by atoms with Crippen molar-refractivity contribution in [2.45, 2.75) is 32.5 Å². The number of hydrogen-bond donors (Lipinski definition) is 1. The van der Waals surface area contributed by atoms with Crippen molar-refractivity contribution in [1.29, 1.82) is 0 Å². The van der Waals surface area contributed by atoms with Crippen LogP contribution in [0, 0.1) is 0 Å². The van der Waals surface area contributed by atoms with Crippen LogP contribution in [0.2, 0.25) is 0 Å². The number of ketones is 1. The molecule has 1 heterocycles. The van der Waals surface area contributed by atoms with Crippen LogP contribution in [-0.2, 0) is 14.3 Å². The molecule has 0 amide bonds. The van der Waals surface area contributed by atoms with Crippen LogP contribution in [0.4, 0.5) is 0 Å². The molecule has 0 aromatic carbocycles. The number of rotatable bonds is 2. The molecular formula is C9H12O4. The van der Waals surface area contributed by atoms with E-state index in [9.17, 15) is 14.7 Å². The van der Waals surface area contributed by atoms with Gasteiger partial charge in [-0.1, -0.05) is 0 Å². The molecule has 1 aliphatic heterocycles. The van der Waals surface area contributed by atoms with Gasteiger partial charge in [0.05, 0.1) is 0 Å². The van der Waals surface area contributed by atoms with E-state index in [4.69, 9.17) is 4.74 Å². The Morgan fingerprint density at radius 2 is 2.31 bits per heavy atom. The molecule has 72 valence electrons. The standard InChI is InChI=1S/C9H12O4/c1-5(10)3-7-4-8(11)13-6(2)9(7)12/h4,6,9,12H,3H2,1-2H3/t6-,9-/m1/s1. The predicted octanol–water partition coefficient (Wildman–Crippen LogP) is 0.198. The van der Waals surface area contributed by atoms with Crippen molar-refractivity contribution in [1.82, 2.24) is 0 Å². The third kappa shape index (κ3) is 2.39. The summed E-state index contributed by atoms with van der Waals surface area (Å²) in [5, 5.41) is 9.51. The molecule has 0 fully saturated rings. The maximum Gasteiger partial charge on any atom is 0.331 e. The summed E-state index contributed by atoms with van der Waals surface area (Å²) >= 11 is 0. The van der Waals surface area contributed by atoms with Crippen molar-refractivity contribution in [3.05, 3.63) is 11.6 Å². The summed E-state index contributed by atoms with van der Waals surface area (Å²) in [5.74, 6) is -0.568. The van der Waals surface area contributed by atoms with Gasteiger partial charge in [0.15, 0.2) is 0 Å². The lowest BCUT2D eigenvalue weighted by Crippen LogP contribution is -2.34. The van der Waals surface area contributed by atoms with Gasteiger partial charge in [-0.05, 0) is 19.4 Å².